The molecular formula is C26H25N3O6. The standard InChI is InChI=1S/C26H25N3O6/c1-4-34-21-12-8-19(9-13-21)26(32)35-22-14-7-18(15-23(22)33-3)16-27-29-25(31)24(30)28-20-10-5-17(2)6-11-20/h5-16H,4H2,1-3H3,(H,28,30)(H,29,31)/b27-16+. The van der Waals surface area contributed by atoms with Crippen molar-refractivity contribution in [3.63, 3.8) is 0 Å². The van der Waals surface area contributed by atoms with Crippen molar-refractivity contribution in [1.29, 1.82) is 0 Å². The zero-order valence-corrected chi connectivity index (χ0v) is 19.5. The zero-order chi connectivity index (χ0) is 25.2. The third-order valence-electron chi connectivity index (χ3n) is 4.69. The van der Waals surface area contributed by atoms with Gasteiger partial charge >= 0.3 is 17.8 Å². The van der Waals surface area contributed by atoms with Crippen LogP contribution in [0.15, 0.2) is 71.8 Å². The molecule has 0 aliphatic carbocycles. The number of carbonyl (C=O) groups excluding carboxylic acids is 3. The van der Waals surface area contributed by atoms with Crippen LogP contribution in [0.3, 0.4) is 0 Å². The van der Waals surface area contributed by atoms with Crippen molar-refractivity contribution in [3.8, 4) is 17.2 Å². The first-order chi connectivity index (χ1) is 16.9. The van der Waals surface area contributed by atoms with Crippen LogP contribution in [0.2, 0.25) is 0 Å². The molecule has 180 valence electrons. The van der Waals surface area contributed by atoms with Crippen molar-refractivity contribution in [3.05, 3.63) is 83.4 Å². The van der Waals surface area contributed by atoms with Gasteiger partial charge in [0.15, 0.2) is 11.5 Å². The number of amides is 2. The molecule has 35 heavy (non-hydrogen) atoms. The minimum Gasteiger partial charge on any atom is -0.494 e. The SMILES string of the molecule is CCOc1ccc(C(=O)Oc2ccc(/C=N/NC(=O)C(=O)Nc3ccc(C)cc3)cc2OC)cc1. The average Bonchev–Trinajstić information content (AvgIpc) is 2.86. The van der Waals surface area contributed by atoms with E-state index < -0.39 is 17.8 Å². The van der Waals surface area contributed by atoms with Crippen LogP contribution in [0, 0.1) is 6.92 Å². The molecule has 0 saturated heterocycles. The van der Waals surface area contributed by atoms with E-state index in [1.807, 2.05) is 26.0 Å². The first kappa shape index (κ1) is 25.0. The van der Waals surface area contributed by atoms with Gasteiger partial charge < -0.3 is 19.5 Å². The highest BCUT2D eigenvalue weighted by molar-refractivity contribution is 6.39. The largest absolute Gasteiger partial charge is 0.494 e. The van der Waals surface area contributed by atoms with Crippen LogP contribution in [0.25, 0.3) is 0 Å². The number of hydrazone groups is 1. The Kier molecular flexibility index (Phi) is 8.55. The van der Waals surface area contributed by atoms with Crippen LogP contribution in [0.1, 0.15) is 28.4 Å². The molecule has 0 unspecified atom stereocenters. The van der Waals surface area contributed by atoms with Crippen LogP contribution in [0.5, 0.6) is 17.2 Å². The molecule has 0 aliphatic heterocycles. The number of methoxy groups -OCH3 is 1. The van der Waals surface area contributed by atoms with E-state index in [0.29, 0.717) is 29.2 Å². The number of esters is 1. The molecule has 0 fully saturated rings. The summed E-state index contributed by atoms with van der Waals surface area (Å²) in [6, 6.07) is 18.3. The Morgan fingerprint density at radius 3 is 2.29 bits per heavy atom. The Morgan fingerprint density at radius 2 is 1.63 bits per heavy atom. The molecule has 0 atom stereocenters. The monoisotopic (exact) mass is 475 g/mol. The summed E-state index contributed by atoms with van der Waals surface area (Å²) < 4.78 is 16.1. The summed E-state index contributed by atoms with van der Waals surface area (Å²) in [7, 11) is 1.43. The molecule has 0 aliphatic rings. The molecule has 3 aromatic rings. The molecule has 2 N–H and O–H groups in total. The van der Waals surface area contributed by atoms with E-state index >= 15 is 0 Å². The number of anilines is 1. The van der Waals surface area contributed by atoms with Gasteiger partial charge in [-0.2, -0.15) is 5.10 Å². The number of hydrogen-bond donors (Lipinski definition) is 2. The maximum Gasteiger partial charge on any atom is 0.343 e. The molecule has 9 nitrogen and oxygen atoms in total. The number of carbonyl (C=O) groups is 3. The average molecular weight is 476 g/mol. The van der Waals surface area contributed by atoms with E-state index in [9.17, 15) is 14.4 Å². The summed E-state index contributed by atoms with van der Waals surface area (Å²) in [6.07, 6.45) is 1.33. The first-order valence-corrected chi connectivity index (χ1v) is 10.7. The van der Waals surface area contributed by atoms with E-state index in [-0.39, 0.29) is 11.5 Å². The van der Waals surface area contributed by atoms with E-state index in [4.69, 9.17) is 14.2 Å². The molecule has 0 radical (unpaired) electrons. The third kappa shape index (κ3) is 7.16. The van der Waals surface area contributed by atoms with Gasteiger partial charge in [-0.1, -0.05) is 17.7 Å². The molecule has 0 spiro atoms. The molecule has 3 aromatic carbocycles. The third-order valence-corrected chi connectivity index (χ3v) is 4.69. The molecule has 0 heterocycles. The lowest BCUT2D eigenvalue weighted by atomic mass is 10.2. The number of rotatable bonds is 8. The summed E-state index contributed by atoms with van der Waals surface area (Å²) in [6.45, 7) is 4.32. The minimum absolute atomic E-state index is 0.213. The topological polar surface area (TPSA) is 115 Å². The first-order valence-electron chi connectivity index (χ1n) is 10.7. The van der Waals surface area contributed by atoms with Crippen LogP contribution < -0.4 is 25.0 Å². The fourth-order valence-corrected chi connectivity index (χ4v) is 2.90. The minimum atomic E-state index is -0.922. The molecule has 9 heteroatoms. The number of hydrogen-bond acceptors (Lipinski definition) is 7. The zero-order valence-electron chi connectivity index (χ0n) is 19.5. The van der Waals surface area contributed by atoms with E-state index in [1.54, 1.807) is 54.6 Å². The molecular weight excluding hydrogens is 450 g/mol. The van der Waals surface area contributed by atoms with Gasteiger partial charge in [0.05, 0.1) is 25.5 Å². The van der Waals surface area contributed by atoms with Gasteiger partial charge in [0, 0.05) is 5.69 Å². The molecule has 0 bridgehead atoms. The molecule has 2 amide bonds. The fourth-order valence-electron chi connectivity index (χ4n) is 2.90. The lowest BCUT2D eigenvalue weighted by Gasteiger charge is -2.10. The maximum atomic E-state index is 12.5. The van der Waals surface area contributed by atoms with Gasteiger partial charge in [0.2, 0.25) is 0 Å². The van der Waals surface area contributed by atoms with E-state index in [1.165, 1.54) is 13.3 Å². The Bertz CT molecular complexity index is 1220. The van der Waals surface area contributed by atoms with Crippen molar-refractivity contribution in [2.24, 2.45) is 5.10 Å². The lowest BCUT2D eigenvalue weighted by Crippen LogP contribution is -2.32. The van der Waals surface area contributed by atoms with Crippen molar-refractivity contribution >= 4 is 29.7 Å². The van der Waals surface area contributed by atoms with Gasteiger partial charge in [0.25, 0.3) is 0 Å². The van der Waals surface area contributed by atoms with E-state index in [0.717, 1.165) is 5.56 Å². The summed E-state index contributed by atoms with van der Waals surface area (Å²) in [5.41, 5.74) is 4.59. The number of nitrogens with zero attached hydrogens (tertiary/aromatic N) is 1. The van der Waals surface area contributed by atoms with Crippen LogP contribution in [-0.4, -0.2) is 37.7 Å². The number of nitrogens with one attached hydrogen (secondary N) is 2. The highest BCUT2D eigenvalue weighted by Gasteiger charge is 2.14. The smallest absolute Gasteiger partial charge is 0.343 e. The summed E-state index contributed by atoms with van der Waals surface area (Å²) in [5, 5.41) is 6.28. The van der Waals surface area contributed by atoms with Crippen LogP contribution in [-0.2, 0) is 9.59 Å². The van der Waals surface area contributed by atoms with E-state index in [2.05, 4.69) is 15.8 Å². The maximum absolute atomic E-state index is 12.5. The van der Waals surface area contributed by atoms with Crippen molar-refractivity contribution in [1.82, 2.24) is 5.43 Å². The van der Waals surface area contributed by atoms with Crippen LogP contribution >= 0.6 is 0 Å². The number of aryl methyl sites for hydroxylation is 1. The number of ether oxygens (including phenoxy) is 3. The Labute approximate surface area is 202 Å². The second-order valence-electron chi connectivity index (χ2n) is 7.28. The summed E-state index contributed by atoms with van der Waals surface area (Å²) in [5.74, 6) is -1.17. The highest BCUT2D eigenvalue weighted by atomic mass is 16.6. The van der Waals surface area contributed by atoms with Crippen molar-refractivity contribution < 1.29 is 28.6 Å². The highest BCUT2D eigenvalue weighted by Crippen LogP contribution is 2.28. The van der Waals surface area contributed by atoms with Gasteiger partial charge in [0.1, 0.15) is 5.75 Å². The Morgan fingerprint density at radius 1 is 0.914 bits per heavy atom. The van der Waals surface area contributed by atoms with Crippen molar-refractivity contribution in [2.75, 3.05) is 19.0 Å². The molecule has 3 rings (SSSR count). The fraction of sp³-hybridized carbons (Fsp3) is 0.154. The normalized spacial score (nSPS) is 10.5. The predicted octanol–water partition coefficient (Wildman–Crippen LogP) is 3.71. The quantitative estimate of drug-likeness (QED) is 0.169. The van der Waals surface area contributed by atoms with Gasteiger partial charge in [-0.15, -0.1) is 0 Å². The van der Waals surface area contributed by atoms with Gasteiger partial charge in [-0.05, 0) is 74.0 Å². The Balaban J connectivity index is 1.58. The van der Waals surface area contributed by atoms with Gasteiger partial charge in [-0.25, -0.2) is 10.2 Å². The van der Waals surface area contributed by atoms with Crippen molar-refractivity contribution in [2.45, 2.75) is 13.8 Å². The second kappa shape index (κ2) is 12.0. The molecule has 0 aromatic heterocycles. The van der Waals surface area contributed by atoms with Gasteiger partial charge in [-0.3, -0.25) is 9.59 Å². The lowest BCUT2D eigenvalue weighted by molar-refractivity contribution is -0.136. The van der Waals surface area contributed by atoms with Crippen LogP contribution in [0.4, 0.5) is 5.69 Å². The number of benzene rings is 3. The summed E-state index contributed by atoms with van der Waals surface area (Å²) >= 11 is 0. The summed E-state index contributed by atoms with van der Waals surface area (Å²) in [4.78, 5) is 36.4. The second-order valence-corrected chi connectivity index (χ2v) is 7.28. The predicted molar refractivity (Wildman–Crippen MR) is 131 cm³/mol. The Hall–Kier alpha value is -4.66. The molecule has 0 saturated carbocycles.